The summed E-state index contributed by atoms with van der Waals surface area (Å²) in [5.74, 6) is -2.42. The molecular formula is C29H30F5NO3. The highest BCUT2D eigenvalue weighted by Gasteiger charge is 2.57. The van der Waals surface area contributed by atoms with Crippen molar-refractivity contribution in [1.29, 1.82) is 0 Å². The monoisotopic (exact) mass is 535 g/mol. The van der Waals surface area contributed by atoms with Crippen LogP contribution in [0, 0.1) is 17.7 Å². The topological polar surface area (TPSA) is 57.6 Å². The SMILES string of the molecule is CC(F)(c1ccc2c(c1)CC1N(C(=O)C3CCCC(C(=O)O)C3)CCC21Cc1ccc(F)cc1)C(F)(F)F. The molecule has 0 spiro atoms. The van der Waals surface area contributed by atoms with Gasteiger partial charge in [0, 0.05) is 23.9 Å². The molecule has 2 aromatic carbocycles. The Labute approximate surface area is 217 Å². The van der Waals surface area contributed by atoms with Gasteiger partial charge in [-0.1, -0.05) is 36.8 Å². The summed E-state index contributed by atoms with van der Waals surface area (Å²) in [4.78, 5) is 27.1. The number of carbonyl (C=O) groups excluding carboxylic acids is 1. The van der Waals surface area contributed by atoms with Gasteiger partial charge in [-0.2, -0.15) is 13.2 Å². The number of halogens is 5. The van der Waals surface area contributed by atoms with Gasteiger partial charge in [0.2, 0.25) is 11.6 Å². The maximum atomic E-state index is 14.8. The number of rotatable bonds is 5. The first kappa shape index (κ1) is 26.6. The molecule has 204 valence electrons. The average molecular weight is 536 g/mol. The molecule has 3 aliphatic rings. The summed E-state index contributed by atoms with van der Waals surface area (Å²) in [5, 5.41) is 9.48. The lowest BCUT2D eigenvalue weighted by Crippen LogP contribution is -2.47. The Morgan fingerprint density at radius 2 is 1.74 bits per heavy atom. The molecule has 0 bridgehead atoms. The molecule has 38 heavy (non-hydrogen) atoms. The number of aliphatic carboxylic acids is 1. The lowest BCUT2D eigenvalue weighted by Gasteiger charge is -2.36. The van der Waals surface area contributed by atoms with Crippen molar-refractivity contribution in [2.45, 2.75) is 75.2 Å². The maximum absolute atomic E-state index is 14.8. The van der Waals surface area contributed by atoms with Crippen molar-refractivity contribution in [1.82, 2.24) is 4.90 Å². The zero-order valence-electron chi connectivity index (χ0n) is 21.0. The minimum absolute atomic E-state index is 0.124. The van der Waals surface area contributed by atoms with Crippen molar-refractivity contribution in [3.05, 3.63) is 70.5 Å². The van der Waals surface area contributed by atoms with Crippen LogP contribution in [0.25, 0.3) is 0 Å². The van der Waals surface area contributed by atoms with Crippen LogP contribution in [0.2, 0.25) is 0 Å². The largest absolute Gasteiger partial charge is 0.481 e. The zero-order valence-corrected chi connectivity index (χ0v) is 21.0. The predicted octanol–water partition coefficient (Wildman–Crippen LogP) is 6.10. The first-order valence-corrected chi connectivity index (χ1v) is 13.0. The van der Waals surface area contributed by atoms with Gasteiger partial charge in [-0.15, -0.1) is 0 Å². The Hall–Kier alpha value is -2.97. The van der Waals surface area contributed by atoms with E-state index >= 15 is 0 Å². The lowest BCUT2D eigenvalue weighted by molar-refractivity contribution is -0.228. The zero-order chi connectivity index (χ0) is 27.5. The number of fused-ring (bicyclic) bond motifs is 3. The van der Waals surface area contributed by atoms with Crippen LogP contribution in [0.15, 0.2) is 42.5 Å². The third-order valence-corrected chi connectivity index (χ3v) is 9.03. The van der Waals surface area contributed by atoms with Crippen molar-refractivity contribution >= 4 is 11.9 Å². The molecule has 0 radical (unpaired) electrons. The first-order chi connectivity index (χ1) is 17.8. The Balaban J connectivity index is 1.51. The van der Waals surface area contributed by atoms with E-state index in [-0.39, 0.29) is 30.6 Å². The van der Waals surface area contributed by atoms with E-state index in [9.17, 15) is 36.6 Å². The number of hydrogen-bond donors (Lipinski definition) is 1. The van der Waals surface area contributed by atoms with E-state index in [2.05, 4.69) is 0 Å². The van der Waals surface area contributed by atoms with Gasteiger partial charge in [-0.05, 0) is 79.8 Å². The second-order valence-corrected chi connectivity index (χ2v) is 11.2. The van der Waals surface area contributed by atoms with E-state index in [1.807, 2.05) is 0 Å². The van der Waals surface area contributed by atoms with Gasteiger partial charge >= 0.3 is 12.1 Å². The minimum Gasteiger partial charge on any atom is -0.481 e. The van der Waals surface area contributed by atoms with Crippen LogP contribution in [-0.2, 0) is 33.5 Å². The minimum atomic E-state index is -5.08. The van der Waals surface area contributed by atoms with Crippen LogP contribution in [-0.4, -0.2) is 40.6 Å². The molecule has 1 saturated heterocycles. The van der Waals surface area contributed by atoms with Gasteiger partial charge < -0.3 is 10.0 Å². The van der Waals surface area contributed by atoms with Gasteiger partial charge in [0.05, 0.1) is 5.92 Å². The van der Waals surface area contributed by atoms with E-state index in [1.54, 1.807) is 23.1 Å². The molecule has 5 unspecified atom stereocenters. The molecule has 9 heteroatoms. The van der Waals surface area contributed by atoms with Crippen molar-refractivity contribution < 1.29 is 36.6 Å². The second-order valence-electron chi connectivity index (χ2n) is 11.2. The summed E-state index contributed by atoms with van der Waals surface area (Å²) in [5.41, 5.74) is -2.42. The van der Waals surface area contributed by atoms with E-state index in [4.69, 9.17) is 0 Å². The fourth-order valence-electron chi connectivity index (χ4n) is 6.88. The normalized spacial score (nSPS) is 28.5. The van der Waals surface area contributed by atoms with Crippen LogP contribution in [0.1, 0.15) is 61.3 Å². The number of likely N-dealkylation sites (tertiary alicyclic amines) is 1. The first-order valence-electron chi connectivity index (χ1n) is 13.0. The molecule has 2 aromatic rings. The van der Waals surface area contributed by atoms with Crippen LogP contribution >= 0.6 is 0 Å². The van der Waals surface area contributed by atoms with Crippen molar-refractivity contribution in [3.8, 4) is 0 Å². The highest BCUT2D eigenvalue weighted by molar-refractivity contribution is 5.81. The van der Waals surface area contributed by atoms with Crippen LogP contribution in [0.4, 0.5) is 22.0 Å². The molecule has 4 nitrogen and oxygen atoms in total. The van der Waals surface area contributed by atoms with Gasteiger partial charge in [0.15, 0.2) is 0 Å². The van der Waals surface area contributed by atoms with E-state index in [0.29, 0.717) is 51.1 Å². The number of hydrogen-bond acceptors (Lipinski definition) is 2. The summed E-state index contributed by atoms with van der Waals surface area (Å²) >= 11 is 0. The standard InChI is InChI=1S/C29H30F5NO3/c1-27(31,29(32,33)34)21-7-10-23-20(14-21)15-24-28(23,16-17-5-8-22(30)9-6-17)11-12-35(24)25(36)18-3-2-4-19(13-18)26(37)38/h5-10,14,18-19,24H,2-4,11-13,15-16H2,1H3,(H,37,38). The third-order valence-electron chi connectivity index (χ3n) is 9.03. The average Bonchev–Trinajstić information content (AvgIpc) is 3.37. The van der Waals surface area contributed by atoms with Gasteiger partial charge in [-0.3, -0.25) is 9.59 Å². The molecule has 1 saturated carbocycles. The number of carboxylic acid groups (broad SMARTS) is 1. The summed E-state index contributed by atoms with van der Waals surface area (Å²) < 4.78 is 68.8. The molecule has 1 aliphatic heterocycles. The Morgan fingerprint density at radius 3 is 2.39 bits per heavy atom. The highest BCUT2D eigenvalue weighted by Crippen LogP contribution is 2.53. The number of amides is 1. The summed E-state index contributed by atoms with van der Waals surface area (Å²) in [6, 6.07) is 9.69. The lowest BCUT2D eigenvalue weighted by atomic mass is 9.73. The summed E-state index contributed by atoms with van der Waals surface area (Å²) in [7, 11) is 0. The summed E-state index contributed by atoms with van der Waals surface area (Å²) in [6.07, 6.45) is -1.76. The molecule has 5 rings (SSSR count). The Kier molecular flexibility index (Phi) is 6.55. The van der Waals surface area contributed by atoms with E-state index in [1.165, 1.54) is 24.3 Å². The number of carboxylic acids is 1. The third kappa shape index (κ3) is 4.37. The number of alkyl halides is 4. The van der Waals surface area contributed by atoms with Gasteiger partial charge in [0.1, 0.15) is 5.82 Å². The Morgan fingerprint density at radius 1 is 1.05 bits per heavy atom. The molecule has 0 aromatic heterocycles. The second kappa shape index (κ2) is 9.35. The van der Waals surface area contributed by atoms with Crippen LogP contribution < -0.4 is 0 Å². The maximum Gasteiger partial charge on any atom is 0.426 e. The molecule has 1 amide bonds. The number of carbonyl (C=O) groups is 2. The van der Waals surface area contributed by atoms with E-state index < -0.39 is 40.6 Å². The molecule has 2 fully saturated rings. The number of benzene rings is 2. The van der Waals surface area contributed by atoms with Crippen LogP contribution in [0.5, 0.6) is 0 Å². The summed E-state index contributed by atoms with van der Waals surface area (Å²) in [6.45, 7) is 0.945. The van der Waals surface area contributed by atoms with Gasteiger partial charge in [0.25, 0.3) is 0 Å². The fourth-order valence-corrected chi connectivity index (χ4v) is 6.88. The van der Waals surface area contributed by atoms with Crippen LogP contribution in [0.3, 0.4) is 0 Å². The molecule has 1 N–H and O–H groups in total. The molecule has 5 atom stereocenters. The quantitative estimate of drug-likeness (QED) is 0.471. The van der Waals surface area contributed by atoms with Crippen molar-refractivity contribution in [3.63, 3.8) is 0 Å². The molecule has 2 aliphatic carbocycles. The van der Waals surface area contributed by atoms with E-state index in [0.717, 1.165) is 11.1 Å². The predicted molar refractivity (Wildman–Crippen MR) is 130 cm³/mol. The molecule has 1 heterocycles. The van der Waals surface area contributed by atoms with Crippen molar-refractivity contribution in [2.75, 3.05) is 6.54 Å². The smallest absolute Gasteiger partial charge is 0.426 e. The highest BCUT2D eigenvalue weighted by atomic mass is 19.4. The van der Waals surface area contributed by atoms with Gasteiger partial charge in [-0.25, -0.2) is 8.78 Å². The fraction of sp³-hybridized carbons (Fsp3) is 0.517. The number of nitrogens with zero attached hydrogens (tertiary/aromatic N) is 1. The Bertz CT molecular complexity index is 1240. The van der Waals surface area contributed by atoms with Crippen molar-refractivity contribution in [2.24, 2.45) is 11.8 Å². The molecular weight excluding hydrogens is 505 g/mol.